The molecule has 412 valence electrons. The summed E-state index contributed by atoms with van der Waals surface area (Å²) >= 11 is 0. The molecule has 0 aromatic rings. The number of esters is 1. The van der Waals surface area contributed by atoms with Gasteiger partial charge in [0, 0.05) is 12.8 Å². The Balaban J connectivity index is 3.47. The smallest absolute Gasteiger partial charge is 0.305 e. The number of nitrogens with one attached hydrogen (secondary N) is 1. The van der Waals surface area contributed by atoms with E-state index in [1.54, 1.807) is 6.08 Å². The molecule has 2 atom stereocenters. The lowest BCUT2D eigenvalue weighted by Crippen LogP contribution is -2.45. The van der Waals surface area contributed by atoms with Gasteiger partial charge in [-0.25, -0.2) is 0 Å². The molecule has 0 aromatic carbocycles. The van der Waals surface area contributed by atoms with Crippen LogP contribution in [0.5, 0.6) is 0 Å². The van der Waals surface area contributed by atoms with Gasteiger partial charge in [0.25, 0.3) is 0 Å². The number of ether oxygens (including phenoxy) is 1. The third kappa shape index (κ3) is 55.4. The average molecular weight is 985 g/mol. The monoisotopic (exact) mass is 984 g/mol. The number of aliphatic hydroxyl groups excluding tert-OH is 2. The summed E-state index contributed by atoms with van der Waals surface area (Å²) in [6, 6.07) is -0.636. The van der Waals surface area contributed by atoms with E-state index >= 15 is 0 Å². The maximum atomic E-state index is 12.5. The molecule has 6 heteroatoms. The molecule has 3 N–H and O–H groups in total. The number of carbonyl (C=O) groups is 2. The minimum absolute atomic E-state index is 0.0140. The highest BCUT2D eigenvalue weighted by atomic mass is 16.5. The second kappa shape index (κ2) is 59.6. The summed E-state index contributed by atoms with van der Waals surface area (Å²) in [5.74, 6) is -0.0883. The summed E-state index contributed by atoms with van der Waals surface area (Å²) in [6.45, 7) is 4.87. The second-order valence-electron chi connectivity index (χ2n) is 21.4. The second-order valence-corrected chi connectivity index (χ2v) is 21.4. The standard InChI is InChI=1S/C64H121NO5/c1-3-5-7-9-11-13-15-17-19-20-21-22-23-24-25-26-29-32-36-40-44-48-52-56-62(67)61(60-66)65-63(68)57-53-49-45-41-37-33-30-27-31-35-39-43-47-51-55-59-70-64(69)58-54-50-46-42-38-34-28-18-16-14-12-10-8-6-4-2/h12,14,18,28,52,56,61-62,66-67H,3-11,13,15-17,19-27,29-51,53-55,57-60H2,1-2H3,(H,65,68)/b14-12-,28-18-,56-52+. The van der Waals surface area contributed by atoms with E-state index in [2.05, 4.69) is 43.5 Å². The molecule has 0 bridgehead atoms. The lowest BCUT2D eigenvalue weighted by atomic mass is 10.0. The van der Waals surface area contributed by atoms with Gasteiger partial charge in [-0.3, -0.25) is 9.59 Å². The zero-order valence-corrected chi connectivity index (χ0v) is 47.0. The largest absolute Gasteiger partial charge is 0.466 e. The van der Waals surface area contributed by atoms with E-state index in [1.807, 2.05) is 6.08 Å². The van der Waals surface area contributed by atoms with Gasteiger partial charge >= 0.3 is 5.97 Å². The summed E-state index contributed by atoms with van der Waals surface area (Å²) in [7, 11) is 0. The van der Waals surface area contributed by atoms with E-state index < -0.39 is 12.1 Å². The quantitative estimate of drug-likeness (QED) is 0.0321. The molecule has 0 rings (SSSR count). The number of unbranched alkanes of at least 4 members (excludes halogenated alkanes) is 43. The highest BCUT2D eigenvalue weighted by Crippen LogP contribution is 2.17. The van der Waals surface area contributed by atoms with Crippen molar-refractivity contribution in [3.05, 3.63) is 36.5 Å². The summed E-state index contributed by atoms with van der Waals surface area (Å²) in [6.07, 6.45) is 74.6. The first-order valence-corrected chi connectivity index (χ1v) is 31.3. The maximum Gasteiger partial charge on any atom is 0.305 e. The van der Waals surface area contributed by atoms with Crippen LogP contribution in [-0.4, -0.2) is 47.4 Å². The number of hydrogen-bond acceptors (Lipinski definition) is 5. The van der Waals surface area contributed by atoms with Crippen molar-refractivity contribution in [2.24, 2.45) is 0 Å². The molecule has 70 heavy (non-hydrogen) atoms. The van der Waals surface area contributed by atoms with Crippen LogP contribution in [0.15, 0.2) is 36.5 Å². The van der Waals surface area contributed by atoms with Crippen molar-refractivity contribution in [1.29, 1.82) is 0 Å². The molecule has 0 aliphatic rings. The Morgan fingerprint density at radius 3 is 1.11 bits per heavy atom. The van der Waals surface area contributed by atoms with Crippen molar-refractivity contribution in [2.45, 2.75) is 347 Å². The number of rotatable bonds is 58. The number of allylic oxidation sites excluding steroid dienone is 5. The first kappa shape index (κ1) is 68.1. The van der Waals surface area contributed by atoms with Crippen LogP contribution in [0.3, 0.4) is 0 Å². The van der Waals surface area contributed by atoms with Gasteiger partial charge in [0.15, 0.2) is 0 Å². The molecular formula is C64H121NO5. The van der Waals surface area contributed by atoms with Crippen molar-refractivity contribution in [3.8, 4) is 0 Å². The number of aliphatic hydroxyl groups is 2. The Morgan fingerprint density at radius 1 is 0.400 bits per heavy atom. The van der Waals surface area contributed by atoms with E-state index in [9.17, 15) is 19.8 Å². The fourth-order valence-electron chi connectivity index (χ4n) is 9.61. The number of amides is 1. The van der Waals surface area contributed by atoms with Gasteiger partial charge in [-0.05, 0) is 64.2 Å². The Bertz CT molecular complexity index is 1130. The van der Waals surface area contributed by atoms with Gasteiger partial charge in [-0.15, -0.1) is 0 Å². The molecule has 0 fully saturated rings. The van der Waals surface area contributed by atoms with Crippen LogP contribution in [0.4, 0.5) is 0 Å². The van der Waals surface area contributed by atoms with E-state index in [1.165, 1.54) is 244 Å². The Hall–Kier alpha value is -1.92. The maximum absolute atomic E-state index is 12.5. The molecule has 0 heterocycles. The third-order valence-corrected chi connectivity index (χ3v) is 14.4. The molecule has 0 aliphatic carbocycles. The van der Waals surface area contributed by atoms with Gasteiger partial charge in [0.05, 0.1) is 25.4 Å². The lowest BCUT2D eigenvalue weighted by molar-refractivity contribution is -0.143. The van der Waals surface area contributed by atoms with Crippen molar-refractivity contribution in [2.75, 3.05) is 13.2 Å². The first-order chi connectivity index (χ1) is 34.5. The van der Waals surface area contributed by atoms with E-state index in [4.69, 9.17) is 4.74 Å². The molecule has 6 nitrogen and oxygen atoms in total. The van der Waals surface area contributed by atoms with E-state index in [0.29, 0.717) is 19.4 Å². The SMILES string of the molecule is CCCCC/C=C\C/C=C\CCCCCCCC(=O)OCCCCCCCCCCCCCCCCCC(=O)NC(CO)C(O)/C=C/CCCCCCCCCCCCCCCCCCCCCCC. The molecule has 0 saturated heterocycles. The molecule has 0 saturated carbocycles. The highest BCUT2D eigenvalue weighted by molar-refractivity contribution is 5.76. The Kier molecular flexibility index (Phi) is 58.0. The van der Waals surface area contributed by atoms with Crippen LogP contribution >= 0.6 is 0 Å². The third-order valence-electron chi connectivity index (χ3n) is 14.4. The predicted octanol–water partition coefficient (Wildman–Crippen LogP) is 19.6. The van der Waals surface area contributed by atoms with Crippen LogP contribution in [-0.2, 0) is 14.3 Å². The normalized spacial score (nSPS) is 12.8. The van der Waals surface area contributed by atoms with Crippen molar-refractivity contribution >= 4 is 11.9 Å². The van der Waals surface area contributed by atoms with Crippen LogP contribution in [0, 0.1) is 0 Å². The minimum Gasteiger partial charge on any atom is -0.466 e. The molecular weight excluding hydrogens is 863 g/mol. The lowest BCUT2D eigenvalue weighted by Gasteiger charge is -2.20. The van der Waals surface area contributed by atoms with Crippen LogP contribution in [0.25, 0.3) is 0 Å². The number of carbonyl (C=O) groups excluding carboxylic acids is 2. The first-order valence-electron chi connectivity index (χ1n) is 31.3. The van der Waals surface area contributed by atoms with Gasteiger partial charge in [0.1, 0.15) is 0 Å². The van der Waals surface area contributed by atoms with E-state index in [-0.39, 0.29) is 18.5 Å². The van der Waals surface area contributed by atoms with Crippen molar-refractivity contribution in [1.82, 2.24) is 5.32 Å². The zero-order chi connectivity index (χ0) is 50.7. The van der Waals surface area contributed by atoms with Gasteiger partial charge in [-0.2, -0.15) is 0 Å². The highest BCUT2D eigenvalue weighted by Gasteiger charge is 2.18. The fraction of sp³-hybridized carbons (Fsp3) is 0.875. The summed E-state index contributed by atoms with van der Waals surface area (Å²) in [5.41, 5.74) is 0. The minimum atomic E-state index is -0.852. The van der Waals surface area contributed by atoms with Crippen LogP contribution in [0.1, 0.15) is 335 Å². The zero-order valence-electron chi connectivity index (χ0n) is 47.0. The van der Waals surface area contributed by atoms with Gasteiger partial charge in [0.2, 0.25) is 5.91 Å². The predicted molar refractivity (Wildman–Crippen MR) is 306 cm³/mol. The molecule has 2 unspecified atom stereocenters. The van der Waals surface area contributed by atoms with Crippen molar-refractivity contribution in [3.63, 3.8) is 0 Å². The summed E-state index contributed by atoms with van der Waals surface area (Å²) in [4.78, 5) is 24.6. The Labute approximate surface area is 436 Å². The Morgan fingerprint density at radius 2 is 0.714 bits per heavy atom. The number of hydrogen-bond donors (Lipinski definition) is 3. The average Bonchev–Trinajstić information content (AvgIpc) is 3.36. The van der Waals surface area contributed by atoms with Gasteiger partial charge in [-0.1, -0.05) is 294 Å². The van der Waals surface area contributed by atoms with E-state index in [0.717, 1.165) is 64.2 Å². The van der Waals surface area contributed by atoms with Gasteiger partial charge < -0.3 is 20.3 Å². The summed E-state index contributed by atoms with van der Waals surface area (Å²) in [5, 5.41) is 23.2. The van der Waals surface area contributed by atoms with Crippen LogP contribution in [0.2, 0.25) is 0 Å². The fourth-order valence-corrected chi connectivity index (χ4v) is 9.61. The summed E-state index contributed by atoms with van der Waals surface area (Å²) < 4.78 is 5.47. The molecule has 0 spiro atoms. The molecule has 0 radical (unpaired) electrons. The molecule has 0 aliphatic heterocycles. The van der Waals surface area contributed by atoms with Crippen molar-refractivity contribution < 1.29 is 24.5 Å². The molecule has 0 aromatic heterocycles. The molecule has 1 amide bonds. The topological polar surface area (TPSA) is 95.9 Å². The van der Waals surface area contributed by atoms with Crippen LogP contribution < -0.4 is 5.32 Å².